The van der Waals surface area contributed by atoms with Gasteiger partial charge in [-0.05, 0) is 28.7 Å². The van der Waals surface area contributed by atoms with Crippen LogP contribution in [0.1, 0.15) is 42.5 Å². The molecule has 1 aliphatic rings. The SMILES string of the molecule is CC(C)(C)c1ccc(C[S@@](=O)CC(=O)N2CCN(C(=O)c3ccco3)CC2)cc1. The zero-order chi connectivity index (χ0) is 21.0. The van der Waals surface area contributed by atoms with Gasteiger partial charge in [0.1, 0.15) is 5.75 Å². The quantitative estimate of drug-likeness (QED) is 0.752. The smallest absolute Gasteiger partial charge is 0.289 e. The molecule has 0 radical (unpaired) electrons. The number of hydrogen-bond acceptors (Lipinski definition) is 4. The lowest BCUT2D eigenvalue weighted by molar-refractivity contribution is -0.129. The second-order valence-corrected chi connectivity index (χ2v) is 9.78. The molecule has 1 atom stereocenters. The first-order valence-electron chi connectivity index (χ1n) is 9.79. The van der Waals surface area contributed by atoms with Gasteiger partial charge in [-0.2, -0.15) is 0 Å². The monoisotopic (exact) mass is 416 g/mol. The van der Waals surface area contributed by atoms with Gasteiger partial charge in [-0.25, -0.2) is 0 Å². The van der Waals surface area contributed by atoms with E-state index in [-0.39, 0.29) is 23.0 Å². The van der Waals surface area contributed by atoms with Gasteiger partial charge in [0.25, 0.3) is 5.91 Å². The topological polar surface area (TPSA) is 70.8 Å². The number of benzene rings is 1. The first-order valence-corrected chi connectivity index (χ1v) is 11.3. The van der Waals surface area contributed by atoms with Crippen molar-refractivity contribution in [3.8, 4) is 0 Å². The zero-order valence-electron chi connectivity index (χ0n) is 17.2. The summed E-state index contributed by atoms with van der Waals surface area (Å²) in [6.45, 7) is 8.26. The van der Waals surface area contributed by atoms with Gasteiger partial charge >= 0.3 is 0 Å². The third-order valence-electron chi connectivity index (χ3n) is 5.08. The molecule has 1 aromatic carbocycles. The number of hydrogen-bond donors (Lipinski definition) is 0. The van der Waals surface area contributed by atoms with Gasteiger partial charge in [0.2, 0.25) is 5.91 Å². The predicted molar refractivity (Wildman–Crippen MR) is 113 cm³/mol. The highest BCUT2D eigenvalue weighted by molar-refractivity contribution is 7.84. The molecular formula is C22H28N2O4S. The molecule has 0 unspecified atom stereocenters. The van der Waals surface area contributed by atoms with E-state index < -0.39 is 10.8 Å². The van der Waals surface area contributed by atoms with Crippen LogP contribution in [0.2, 0.25) is 0 Å². The number of nitrogens with zero attached hydrogens (tertiary/aromatic N) is 2. The maximum atomic E-state index is 12.5. The van der Waals surface area contributed by atoms with Crippen LogP contribution in [0.25, 0.3) is 0 Å². The fourth-order valence-electron chi connectivity index (χ4n) is 3.28. The second-order valence-electron chi connectivity index (χ2n) is 8.33. The third-order valence-corrected chi connectivity index (χ3v) is 6.31. The summed E-state index contributed by atoms with van der Waals surface area (Å²) in [5.74, 6) is 0.396. The molecule has 2 amide bonds. The van der Waals surface area contributed by atoms with E-state index >= 15 is 0 Å². The molecule has 0 aliphatic carbocycles. The molecule has 2 aromatic rings. The summed E-state index contributed by atoms with van der Waals surface area (Å²) in [5, 5.41) is 0. The van der Waals surface area contributed by atoms with E-state index in [1.165, 1.54) is 11.8 Å². The Hall–Kier alpha value is -2.41. The van der Waals surface area contributed by atoms with E-state index in [4.69, 9.17) is 4.42 Å². The minimum absolute atomic E-state index is 0.00710. The first-order chi connectivity index (χ1) is 13.7. The summed E-state index contributed by atoms with van der Waals surface area (Å²) in [6.07, 6.45) is 1.47. The predicted octanol–water partition coefficient (Wildman–Crippen LogP) is 2.81. The summed E-state index contributed by atoms with van der Waals surface area (Å²) in [6, 6.07) is 11.4. The van der Waals surface area contributed by atoms with Crippen LogP contribution < -0.4 is 0 Å². The molecule has 6 nitrogen and oxygen atoms in total. The van der Waals surface area contributed by atoms with E-state index in [0.717, 1.165) is 5.56 Å². The van der Waals surface area contributed by atoms with Gasteiger partial charge in [0.05, 0.1) is 6.26 Å². The van der Waals surface area contributed by atoms with Gasteiger partial charge < -0.3 is 14.2 Å². The van der Waals surface area contributed by atoms with E-state index in [0.29, 0.717) is 37.7 Å². The average molecular weight is 417 g/mol. The number of furan rings is 1. The van der Waals surface area contributed by atoms with Gasteiger partial charge in [-0.15, -0.1) is 0 Å². The fourth-order valence-corrected chi connectivity index (χ4v) is 4.41. The van der Waals surface area contributed by atoms with Crippen LogP contribution in [-0.2, 0) is 26.8 Å². The molecule has 29 heavy (non-hydrogen) atoms. The van der Waals surface area contributed by atoms with Crippen LogP contribution in [0.4, 0.5) is 0 Å². The molecule has 1 saturated heterocycles. The van der Waals surface area contributed by atoms with Crippen molar-refractivity contribution in [1.29, 1.82) is 0 Å². The van der Waals surface area contributed by atoms with Crippen LogP contribution >= 0.6 is 0 Å². The van der Waals surface area contributed by atoms with Crippen molar-refractivity contribution in [2.24, 2.45) is 0 Å². The van der Waals surface area contributed by atoms with Crippen molar-refractivity contribution >= 4 is 22.6 Å². The Morgan fingerprint density at radius 2 is 1.62 bits per heavy atom. The van der Waals surface area contributed by atoms with Crippen molar-refractivity contribution in [2.75, 3.05) is 31.9 Å². The van der Waals surface area contributed by atoms with Gasteiger partial charge in [-0.3, -0.25) is 13.8 Å². The second kappa shape index (κ2) is 8.95. The lowest BCUT2D eigenvalue weighted by atomic mass is 9.87. The molecule has 1 aliphatic heterocycles. The largest absolute Gasteiger partial charge is 0.459 e. The minimum atomic E-state index is -1.26. The van der Waals surface area contributed by atoms with Crippen LogP contribution in [-0.4, -0.2) is 57.8 Å². The Bertz CT molecular complexity index is 861. The molecule has 2 heterocycles. The van der Waals surface area contributed by atoms with Crippen LogP contribution in [0, 0.1) is 0 Å². The van der Waals surface area contributed by atoms with Crippen molar-refractivity contribution in [3.63, 3.8) is 0 Å². The molecule has 0 saturated carbocycles. The van der Waals surface area contributed by atoms with Crippen molar-refractivity contribution < 1.29 is 18.2 Å². The van der Waals surface area contributed by atoms with Crippen LogP contribution in [0.5, 0.6) is 0 Å². The minimum Gasteiger partial charge on any atom is -0.459 e. The third kappa shape index (κ3) is 5.56. The lowest BCUT2D eigenvalue weighted by Crippen LogP contribution is -2.51. The van der Waals surface area contributed by atoms with E-state index in [1.54, 1.807) is 21.9 Å². The molecule has 0 N–H and O–H groups in total. The van der Waals surface area contributed by atoms with Crippen molar-refractivity contribution in [1.82, 2.24) is 9.80 Å². The molecule has 3 rings (SSSR count). The number of piperazine rings is 1. The van der Waals surface area contributed by atoms with Crippen molar-refractivity contribution in [3.05, 3.63) is 59.5 Å². The lowest BCUT2D eigenvalue weighted by Gasteiger charge is -2.34. The maximum Gasteiger partial charge on any atom is 0.289 e. The summed E-state index contributed by atoms with van der Waals surface area (Å²) >= 11 is 0. The number of carbonyl (C=O) groups is 2. The van der Waals surface area contributed by atoms with Crippen molar-refractivity contribution in [2.45, 2.75) is 31.9 Å². The number of rotatable bonds is 5. The number of amides is 2. The summed E-state index contributed by atoms with van der Waals surface area (Å²) in [5.41, 5.74) is 2.27. The fraction of sp³-hybridized carbons (Fsp3) is 0.455. The van der Waals surface area contributed by atoms with Gasteiger partial charge in [0.15, 0.2) is 5.76 Å². The molecule has 1 fully saturated rings. The summed E-state index contributed by atoms with van der Waals surface area (Å²) in [7, 11) is -1.26. The zero-order valence-corrected chi connectivity index (χ0v) is 18.0. The molecule has 0 spiro atoms. The Labute approximate surface area is 174 Å². The average Bonchev–Trinajstić information content (AvgIpc) is 3.22. The molecule has 156 valence electrons. The Morgan fingerprint density at radius 1 is 1.00 bits per heavy atom. The van der Waals surface area contributed by atoms with E-state index in [9.17, 15) is 13.8 Å². The number of carbonyl (C=O) groups excluding carboxylic acids is 2. The summed E-state index contributed by atoms with van der Waals surface area (Å²) in [4.78, 5) is 28.1. The first kappa shape index (κ1) is 21.3. The van der Waals surface area contributed by atoms with Gasteiger partial charge in [0, 0.05) is 42.7 Å². The van der Waals surface area contributed by atoms with Crippen LogP contribution in [0.3, 0.4) is 0 Å². The Kier molecular flexibility index (Phi) is 6.57. The molecule has 0 bridgehead atoms. The normalized spacial score (nSPS) is 16.0. The highest BCUT2D eigenvalue weighted by Gasteiger charge is 2.26. The maximum absolute atomic E-state index is 12.5. The van der Waals surface area contributed by atoms with Crippen LogP contribution in [0.15, 0.2) is 47.1 Å². The van der Waals surface area contributed by atoms with Gasteiger partial charge in [-0.1, -0.05) is 45.0 Å². The Balaban J connectivity index is 1.47. The standard InChI is InChI=1S/C22H28N2O4S/c1-22(2,3)18-8-6-17(7-9-18)15-29(27)16-20(25)23-10-12-24(13-11-23)21(26)19-5-4-14-28-19/h4-9,14H,10-13,15-16H2,1-3H3/t29-/m1/s1. The molecular weight excluding hydrogens is 388 g/mol. The van der Waals surface area contributed by atoms with E-state index in [2.05, 4.69) is 32.9 Å². The molecule has 1 aromatic heterocycles. The Morgan fingerprint density at radius 3 is 2.17 bits per heavy atom. The highest BCUT2D eigenvalue weighted by atomic mass is 32.2. The summed E-state index contributed by atoms with van der Waals surface area (Å²) < 4.78 is 17.6. The van der Waals surface area contributed by atoms with E-state index in [1.807, 2.05) is 12.1 Å². The molecule has 7 heteroatoms. The highest BCUT2D eigenvalue weighted by Crippen LogP contribution is 2.22.